The Balaban J connectivity index is 1.98. The summed E-state index contributed by atoms with van der Waals surface area (Å²) in [7, 11) is -3.80. The van der Waals surface area contributed by atoms with Gasteiger partial charge < -0.3 is 10.1 Å². The van der Waals surface area contributed by atoms with Crippen LogP contribution in [-0.4, -0.2) is 45.8 Å². The van der Waals surface area contributed by atoms with Crippen molar-refractivity contribution in [1.29, 1.82) is 0 Å². The molecule has 0 aliphatic rings. The molecule has 202 valence electrons. The van der Waals surface area contributed by atoms with Crippen LogP contribution in [0, 0.1) is 13.8 Å². The SMILES string of the molecule is CCCC(CC(=O)O)n1c(=O)n([C@@H](C)c2c[nH]c3cc(C)cc(C)c23)c2ccc(C(=O)NS(C)(=O)=O)cc21. The van der Waals surface area contributed by atoms with Crippen LogP contribution in [0.5, 0.6) is 0 Å². The first-order valence-corrected chi connectivity index (χ1v) is 14.3. The molecule has 2 aromatic carbocycles. The number of hydrogen-bond acceptors (Lipinski definition) is 5. The third kappa shape index (κ3) is 5.10. The first kappa shape index (κ1) is 27.2. The second-order valence-electron chi connectivity index (χ2n) is 9.89. The molecule has 0 fully saturated rings. The van der Waals surface area contributed by atoms with Crippen LogP contribution >= 0.6 is 0 Å². The Morgan fingerprint density at radius 2 is 1.82 bits per heavy atom. The second-order valence-corrected chi connectivity index (χ2v) is 11.6. The van der Waals surface area contributed by atoms with Gasteiger partial charge in [0.2, 0.25) is 10.0 Å². The van der Waals surface area contributed by atoms with Crippen LogP contribution in [0.15, 0.2) is 41.3 Å². The molecule has 0 aliphatic heterocycles. The van der Waals surface area contributed by atoms with Crippen molar-refractivity contribution in [1.82, 2.24) is 18.8 Å². The number of benzene rings is 2. The van der Waals surface area contributed by atoms with Gasteiger partial charge in [0.25, 0.3) is 5.91 Å². The minimum Gasteiger partial charge on any atom is -0.481 e. The van der Waals surface area contributed by atoms with Gasteiger partial charge in [0, 0.05) is 34.3 Å². The van der Waals surface area contributed by atoms with E-state index in [1.807, 2.05) is 44.7 Å². The maximum Gasteiger partial charge on any atom is 0.329 e. The number of rotatable bonds is 9. The Morgan fingerprint density at radius 1 is 1.11 bits per heavy atom. The molecule has 2 atom stereocenters. The number of H-pyrrole nitrogens is 1. The molecule has 10 nitrogen and oxygen atoms in total. The second kappa shape index (κ2) is 10.1. The normalized spacial score (nSPS) is 13.6. The van der Waals surface area contributed by atoms with E-state index in [1.54, 1.807) is 10.6 Å². The van der Waals surface area contributed by atoms with E-state index in [0.29, 0.717) is 23.9 Å². The summed E-state index contributed by atoms with van der Waals surface area (Å²) in [6, 6.07) is 7.57. The predicted octanol–water partition coefficient (Wildman–Crippen LogP) is 4.02. The lowest BCUT2D eigenvalue weighted by atomic mass is 10.0. The molecule has 4 aromatic rings. The lowest BCUT2D eigenvalue weighted by Crippen LogP contribution is -2.30. The molecule has 0 aliphatic carbocycles. The van der Waals surface area contributed by atoms with E-state index in [0.717, 1.165) is 33.8 Å². The lowest BCUT2D eigenvalue weighted by Gasteiger charge is -2.17. The minimum absolute atomic E-state index is 0.0467. The van der Waals surface area contributed by atoms with Crippen molar-refractivity contribution < 1.29 is 23.1 Å². The molecule has 0 saturated carbocycles. The summed E-state index contributed by atoms with van der Waals surface area (Å²) in [5.41, 5.74) is 4.57. The first-order chi connectivity index (χ1) is 17.8. The van der Waals surface area contributed by atoms with E-state index in [1.165, 1.54) is 16.7 Å². The van der Waals surface area contributed by atoms with E-state index >= 15 is 0 Å². The topological polar surface area (TPSA) is 143 Å². The molecule has 0 radical (unpaired) electrons. The number of carboxylic acid groups (broad SMARTS) is 1. The van der Waals surface area contributed by atoms with E-state index in [-0.39, 0.29) is 12.0 Å². The number of imidazole rings is 1. The maximum atomic E-state index is 14.0. The van der Waals surface area contributed by atoms with Crippen LogP contribution in [0.1, 0.15) is 72.2 Å². The van der Waals surface area contributed by atoms with E-state index in [9.17, 15) is 27.9 Å². The van der Waals surface area contributed by atoms with Crippen LogP contribution in [0.25, 0.3) is 21.9 Å². The summed E-state index contributed by atoms with van der Waals surface area (Å²) >= 11 is 0. The van der Waals surface area contributed by atoms with Crippen molar-refractivity contribution in [3.8, 4) is 0 Å². The zero-order valence-corrected chi connectivity index (χ0v) is 22.8. The van der Waals surface area contributed by atoms with Gasteiger partial charge >= 0.3 is 11.7 Å². The van der Waals surface area contributed by atoms with Crippen LogP contribution in [-0.2, 0) is 14.8 Å². The van der Waals surface area contributed by atoms with Crippen molar-refractivity contribution in [3.05, 3.63) is 69.3 Å². The molecule has 0 saturated heterocycles. The Kier molecular flexibility index (Phi) is 7.24. The zero-order chi connectivity index (χ0) is 27.9. The molecular formula is C27H32N4O6S. The van der Waals surface area contributed by atoms with Crippen LogP contribution in [0.3, 0.4) is 0 Å². The number of amides is 1. The summed E-state index contributed by atoms with van der Waals surface area (Å²) in [6.45, 7) is 7.84. The Hall–Kier alpha value is -3.86. The standard InChI is InChI=1S/C27H32N4O6S/c1-6-7-19(13-24(32)33)31-23-12-18(26(34)29-38(5,36)37)8-9-22(23)30(27(31)35)17(4)20-14-28-21-11-15(2)10-16(3)25(20)21/h8-12,14,17,19,28H,6-7,13H2,1-5H3,(H,29,34)(H,32,33)/t17-,19?/m0/s1. The number of nitrogens with one attached hydrogen (secondary N) is 2. The zero-order valence-electron chi connectivity index (χ0n) is 22.0. The minimum atomic E-state index is -3.80. The molecule has 4 rings (SSSR count). The van der Waals surface area contributed by atoms with Crippen LogP contribution < -0.4 is 10.4 Å². The van der Waals surface area contributed by atoms with Gasteiger partial charge in [-0.3, -0.25) is 18.7 Å². The number of aromatic nitrogens is 3. The number of carboxylic acids is 1. The number of aromatic amines is 1. The smallest absolute Gasteiger partial charge is 0.329 e. The molecule has 3 N–H and O–H groups in total. The molecule has 11 heteroatoms. The van der Waals surface area contributed by atoms with Gasteiger partial charge in [-0.2, -0.15) is 0 Å². The maximum absolute atomic E-state index is 14.0. The number of sulfonamides is 1. The molecule has 2 heterocycles. The molecule has 0 spiro atoms. The Labute approximate surface area is 220 Å². The van der Waals surface area contributed by atoms with E-state index < -0.39 is 39.7 Å². The number of aryl methyl sites for hydroxylation is 2. The molecule has 2 aromatic heterocycles. The highest BCUT2D eigenvalue weighted by Gasteiger charge is 2.27. The van der Waals surface area contributed by atoms with Gasteiger partial charge in [0.1, 0.15) is 0 Å². The molecule has 1 unspecified atom stereocenters. The molecular weight excluding hydrogens is 508 g/mol. The van der Waals surface area contributed by atoms with Crippen molar-refractivity contribution in [2.75, 3.05) is 6.26 Å². The fourth-order valence-corrected chi connectivity index (χ4v) is 5.81. The van der Waals surface area contributed by atoms with Gasteiger partial charge in [0.15, 0.2) is 0 Å². The van der Waals surface area contributed by atoms with Crippen LogP contribution in [0.2, 0.25) is 0 Å². The summed E-state index contributed by atoms with van der Waals surface area (Å²) in [4.78, 5) is 41.7. The number of carbonyl (C=O) groups is 2. The summed E-state index contributed by atoms with van der Waals surface area (Å²) in [5.74, 6) is -1.88. The van der Waals surface area contributed by atoms with Gasteiger partial charge in [-0.15, -0.1) is 0 Å². The summed E-state index contributed by atoms with van der Waals surface area (Å²) < 4.78 is 28.3. The van der Waals surface area contributed by atoms with Crippen molar-refractivity contribution in [2.45, 2.75) is 59.0 Å². The summed E-state index contributed by atoms with van der Waals surface area (Å²) in [5, 5.41) is 10.6. The fourth-order valence-electron chi connectivity index (χ4n) is 5.36. The Morgan fingerprint density at radius 3 is 2.45 bits per heavy atom. The number of aliphatic carboxylic acids is 1. The van der Waals surface area contributed by atoms with Gasteiger partial charge in [0.05, 0.1) is 29.8 Å². The number of carbonyl (C=O) groups excluding carboxylic acids is 1. The first-order valence-electron chi connectivity index (χ1n) is 12.4. The van der Waals surface area contributed by atoms with Crippen molar-refractivity contribution >= 4 is 43.8 Å². The summed E-state index contributed by atoms with van der Waals surface area (Å²) in [6.07, 6.45) is 3.57. The van der Waals surface area contributed by atoms with Gasteiger partial charge in [-0.25, -0.2) is 17.9 Å². The van der Waals surface area contributed by atoms with E-state index in [4.69, 9.17) is 0 Å². The third-order valence-electron chi connectivity index (χ3n) is 6.83. The Bertz CT molecular complexity index is 1730. The lowest BCUT2D eigenvalue weighted by molar-refractivity contribution is -0.137. The third-order valence-corrected chi connectivity index (χ3v) is 7.39. The average molecular weight is 541 g/mol. The highest BCUT2D eigenvalue weighted by atomic mass is 32.2. The van der Waals surface area contributed by atoms with Gasteiger partial charge in [-0.1, -0.05) is 19.4 Å². The highest BCUT2D eigenvalue weighted by molar-refractivity contribution is 7.89. The van der Waals surface area contributed by atoms with Crippen molar-refractivity contribution in [2.24, 2.45) is 0 Å². The van der Waals surface area contributed by atoms with Gasteiger partial charge in [-0.05, 0) is 62.6 Å². The van der Waals surface area contributed by atoms with Crippen molar-refractivity contribution in [3.63, 3.8) is 0 Å². The molecule has 38 heavy (non-hydrogen) atoms. The highest BCUT2D eigenvalue weighted by Crippen LogP contribution is 2.33. The average Bonchev–Trinajstić information content (AvgIpc) is 3.35. The fraction of sp³-hybridized carbons (Fsp3) is 0.370. The molecule has 1 amide bonds. The quantitative estimate of drug-likeness (QED) is 0.293. The molecule has 0 bridgehead atoms. The largest absolute Gasteiger partial charge is 0.481 e. The predicted molar refractivity (Wildman–Crippen MR) is 146 cm³/mol. The monoisotopic (exact) mass is 540 g/mol. The van der Waals surface area contributed by atoms with E-state index in [2.05, 4.69) is 11.1 Å². The van der Waals surface area contributed by atoms with Crippen LogP contribution in [0.4, 0.5) is 0 Å². The number of fused-ring (bicyclic) bond motifs is 2. The number of hydrogen-bond donors (Lipinski definition) is 3. The number of nitrogens with zero attached hydrogens (tertiary/aromatic N) is 2.